The number of carbonyl (C=O) groups excluding carboxylic acids is 2. The Hall–Kier alpha value is -2.50. The average Bonchev–Trinajstić information content (AvgIpc) is 3.14. The van der Waals surface area contributed by atoms with Gasteiger partial charge in [0.25, 0.3) is 0 Å². The quantitative estimate of drug-likeness (QED) is 0.923. The summed E-state index contributed by atoms with van der Waals surface area (Å²) in [4.78, 5) is 25.2. The van der Waals surface area contributed by atoms with Gasteiger partial charge in [-0.1, -0.05) is 0 Å². The molecule has 2 heterocycles. The number of carbonyl (C=O) groups is 2. The van der Waals surface area contributed by atoms with Crippen LogP contribution >= 0.6 is 0 Å². The van der Waals surface area contributed by atoms with Crippen LogP contribution in [0.25, 0.3) is 11.0 Å². The van der Waals surface area contributed by atoms with Crippen LogP contribution < -0.4 is 10.5 Å². The van der Waals surface area contributed by atoms with Crippen LogP contribution in [0, 0.1) is 5.92 Å². The number of hydrogen-bond donors (Lipinski definition) is 1. The Morgan fingerprint density at radius 3 is 2.95 bits per heavy atom. The van der Waals surface area contributed by atoms with E-state index >= 15 is 0 Å². The highest BCUT2D eigenvalue weighted by Crippen LogP contribution is 2.26. The number of hydrogen-bond acceptors (Lipinski definition) is 4. The molecule has 0 spiro atoms. The van der Waals surface area contributed by atoms with Crippen molar-refractivity contribution in [1.82, 2.24) is 4.90 Å². The van der Waals surface area contributed by atoms with Crippen LogP contribution in [-0.2, 0) is 16.0 Å². The van der Waals surface area contributed by atoms with Gasteiger partial charge in [-0.05, 0) is 18.6 Å². The van der Waals surface area contributed by atoms with Gasteiger partial charge in [-0.25, -0.2) is 0 Å². The van der Waals surface area contributed by atoms with Crippen LogP contribution in [0.2, 0.25) is 0 Å². The molecular formula is C16H18N2O4. The minimum absolute atomic E-state index is 0.0118. The summed E-state index contributed by atoms with van der Waals surface area (Å²) in [5, 5.41) is 0.903. The van der Waals surface area contributed by atoms with E-state index in [4.69, 9.17) is 14.9 Å². The normalized spacial score (nSPS) is 17.9. The largest absolute Gasteiger partial charge is 0.497 e. The zero-order valence-electron chi connectivity index (χ0n) is 12.4. The number of methoxy groups -OCH3 is 1. The molecule has 116 valence electrons. The number of fused-ring (bicyclic) bond motifs is 1. The van der Waals surface area contributed by atoms with Gasteiger partial charge in [0.15, 0.2) is 0 Å². The number of furan rings is 1. The monoisotopic (exact) mass is 302 g/mol. The Bertz CT molecular complexity index is 722. The molecule has 2 aromatic rings. The second kappa shape index (κ2) is 5.71. The minimum Gasteiger partial charge on any atom is -0.497 e. The fourth-order valence-corrected chi connectivity index (χ4v) is 2.82. The fraction of sp³-hybridized carbons (Fsp3) is 0.375. The van der Waals surface area contributed by atoms with E-state index in [9.17, 15) is 9.59 Å². The number of rotatable bonds is 4. The third-order valence-electron chi connectivity index (χ3n) is 4.15. The van der Waals surface area contributed by atoms with E-state index in [1.807, 2.05) is 12.1 Å². The Balaban J connectivity index is 1.73. The van der Waals surface area contributed by atoms with E-state index in [0.29, 0.717) is 30.8 Å². The predicted octanol–water partition coefficient (Wildman–Crippen LogP) is 1.32. The van der Waals surface area contributed by atoms with Crippen LogP contribution in [0.4, 0.5) is 0 Å². The molecule has 1 saturated heterocycles. The van der Waals surface area contributed by atoms with E-state index in [1.165, 1.54) is 0 Å². The van der Waals surface area contributed by atoms with Crippen LogP contribution in [-0.4, -0.2) is 36.9 Å². The van der Waals surface area contributed by atoms with Crippen LogP contribution in [0.3, 0.4) is 0 Å². The minimum atomic E-state index is -0.337. The molecule has 1 atom stereocenters. The molecule has 1 fully saturated rings. The number of likely N-dealkylation sites (tertiary alicyclic amines) is 1. The lowest BCUT2D eigenvalue weighted by Gasteiger charge is -2.15. The number of nitrogens with two attached hydrogens (primary N) is 1. The lowest BCUT2D eigenvalue weighted by atomic mass is 10.1. The van der Waals surface area contributed by atoms with E-state index in [-0.39, 0.29) is 24.2 Å². The molecule has 22 heavy (non-hydrogen) atoms. The second-order valence-corrected chi connectivity index (χ2v) is 5.53. The van der Waals surface area contributed by atoms with Gasteiger partial charge in [-0.15, -0.1) is 0 Å². The number of ether oxygens (including phenoxy) is 1. The molecule has 3 rings (SSSR count). The molecule has 0 unspecified atom stereocenters. The van der Waals surface area contributed by atoms with Crippen molar-refractivity contribution >= 4 is 22.8 Å². The van der Waals surface area contributed by atoms with Crippen LogP contribution in [0.5, 0.6) is 5.75 Å². The van der Waals surface area contributed by atoms with Crippen LogP contribution in [0.15, 0.2) is 28.9 Å². The van der Waals surface area contributed by atoms with E-state index < -0.39 is 0 Å². The average molecular weight is 302 g/mol. The summed E-state index contributed by atoms with van der Waals surface area (Å²) in [6.07, 6.45) is 2.50. The van der Waals surface area contributed by atoms with Crippen molar-refractivity contribution in [3.63, 3.8) is 0 Å². The summed E-state index contributed by atoms with van der Waals surface area (Å²) in [5.74, 6) is 0.135. The number of primary amides is 1. The number of benzene rings is 1. The molecule has 1 aliphatic rings. The maximum Gasteiger partial charge on any atom is 0.227 e. The summed E-state index contributed by atoms with van der Waals surface area (Å²) < 4.78 is 10.6. The summed E-state index contributed by atoms with van der Waals surface area (Å²) in [6, 6.07) is 5.52. The van der Waals surface area contributed by atoms with E-state index in [1.54, 1.807) is 24.3 Å². The van der Waals surface area contributed by atoms with Crippen molar-refractivity contribution in [3.8, 4) is 5.75 Å². The molecule has 0 radical (unpaired) electrons. The van der Waals surface area contributed by atoms with Crippen molar-refractivity contribution in [1.29, 1.82) is 0 Å². The van der Waals surface area contributed by atoms with Crippen LogP contribution in [0.1, 0.15) is 12.0 Å². The molecule has 6 nitrogen and oxygen atoms in total. The fourth-order valence-electron chi connectivity index (χ4n) is 2.82. The zero-order valence-corrected chi connectivity index (χ0v) is 12.4. The first-order valence-electron chi connectivity index (χ1n) is 7.19. The molecule has 1 aromatic heterocycles. The Kier molecular flexibility index (Phi) is 3.75. The van der Waals surface area contributed by atoms with Gasteiger partial charge < -0.3 is 19.8 Å². The van der Waals surface area contributed by atoms with Crippen molar-refractivity contribution in [2.45, 2.75) is 12.8 Å². The molecule has 0 bridgehead atoms. The third kappa shape index (κ3) is 2.64. The molecule has 1 aromatic carbocycles. The third-order valence-corrected chi connectivity index (χ3v) is 4.15. The summed E-state index contributed by atoms with van der Waals surface area (Å²) >= 11 is 0. The Morgan fingerprint density at radius 1 is 1.45 bits per heavy atom. The molecule has 0 saturated carbocycles. The Labute approximate surface area is 127 Å². The zero-order chi connectivity index (χ0) is 15.7. The van der Waals surface area contributed by atoms with Crippen molar-refractivity contribution < 1.29 is 18.7 Å². The topological polar surface area (TPSA) is 85.8 Å². The first-order chi connectivity index (χ1) is 10.6. The summed E-state index contributed by atoms with van der Waals surface area (Å²) in [7, 11) is 1.59. The van der Waals surface area contributed by atoms with Gasteiger partial charge in [0.2, 0.25) is 11.8 Å². The van der Waals surface area contributed by atoms with Crippen molar-refractivity contribution in [3.05, 3.63) is 30.0 Å². The number of nitrogens with zero attached hydrogens (tertiary/aromatic N) is 1. The predicted molar refractivity (Wildman–Crippen MR) is 80.4 cm³/mol. The van der Waals surface area contributed by atoms with Crippen molar-refractivity contribution in [2.24, 2.45) is 11.7 Å². The highest BCUT2D eigenvalue weighted by Gasteiger charge is 2.29. The smallest absolute Gasteiger partial charge is 0.227 e. The maximum atomic E-state index is 12.4. The highest BCUT2D eigenvalue weighted by atomic mass is 16.5. The first-order valence-corrected chi connectivity index (χ1v) is 7.19. The SMILES string of the molecule is COc1ccc2c(CC(=O)N3CC[C@H](C(N)=O)C3)coc2c1. The van der Waals surface area contributed by atoms with Gasteiger partial charge in [0.1, 0.15) is 11.3 Å². The molecule has 6 heteroatoms. The molecule has 2 N–H and O–H groups in total. The summed E-state index contributed by atoms with van der Waals surface area (Å²) in [6.45, 7) is 0.994. The molecule has 1 aliphatic heterocycles. The van der Waals surface area contributed by atoms with Gasteiger partial charge in [-0.3, -0.25) is 9.59 Å². The first kappa shape index (κ1) is 14.4. The van der Waals surface area contributed by atoms with Gasteiger partial charge in [-0.2, -0.15) is 0 Å². The summed E-state index contributed by atoms with van der Waals surface area (Å²) in [5.41, 5.74) is 6.83. The van der Waals surface area contributed by atoms with E-state index in [0.717, 1.165) is 10.9 Å². The highest BCUT2D eigenvalue weighted by molar-refractivity contribution is 5.89. The standard InChI is InChI=1S/C16H18N2O4/c1-21-12-2-3-13-11(9-22-14(13)7-12)6-15(19)18-5-4-10(8-18)16(17)20/h2-3,7,9-10H,4-6,8H2,1H3,(H2,17,20)/t10-/m0/s1. The lowest BCUT2D eigenvalue weighted by molar-refractivity contribution is -0.129. The number of amides is 2. The molecular weight excluding hydrogens is 284 g/mol. The lowest BCUT2D eigenvalue weighted by Crippen LogP contribution is -2.32. The van der Waals surface area contributed by atoms with Crippen molar-refractivity contribution in [2.75, 3.05) is 20.2 Å². The van der Waals surface area contributed by atoms with E-state index in [2.05, 4.69) is 0 Å². The molecule has 2 amide bonds. The molecule has 0 aliphatic carbocycles. The van der Waals surface area contributed by atoms with Gasteiger partial charge in [0, 0.05) is 30.1 Å². The van der Waals surface area contributed by atoms with Gasteiger partial charge in [0.05, 0.1) is 25.7 Å². The second-order valence-electron chi connectivity index (χ2n) is 5.53. The van der Waals surface area contributed by atoms with Gasteiger partial charge >= 0.3 is 0 Å². The maximum absolute atomic E-state index is 12.4. The Morgan fingerprint density at radius 2 is 2.27 bits per heavy atom.